The fraction of sp³-hybridized carbons (Fsp3) is 0.400. The summed E-state index contributed by atoms with van der Waals surface area (Å²) in [6.45, 7) is 4.48. The molecule has 0 fully saturated rings. The van der Waals surface area contributed by atoms with E-state index in [1.165, 1.54) is 6.92 Å². The Morgan fingerprint density at radius 3 is 1.58 bits per heavy atom. The lowest BCUT2D eigenvalue weighted by atomic mass is 9.96. The molecule has 0 saturated heterocycles. The number of carbonyl (C=O) groups excluding carboxylic acids is 1. The van der Waals surface area contributed by atoms with E-state index in [1.54, 1.807) is 0 Å². The van der Waals surface area contributed by atoms with E-state index < -0.39 is 36.4 Å². The van der Waals surface area contributed by atoms with Crippen LogP contribution < -0.4 is 0 Å². The minimum Gasteiger partial charge on any atom is -0.481 e. The maximum atomic E-state index is 10.3. The number of esters is 1. The summed E-state index contributed by atoms with van der Waals surface area (Å²) in [6, 6.07) is 0. The molecule has 0 aliphatic carbocycles. The van der Waals surface area contributed by atoms with Crippen molar-refractivity contribution >= 4 is 23.9 Å². The average Bonchev–Trinajstić information content (AvgIpc) is 2.14. The molecule has 0 aromatic rings. The van der Waals surface area contributed by atoms with E-state index >= 15 is 0 Å². The standard InChI is InChI=1S/C6H8O7.C4H6O2/c7-3(8)1-6(13,5(11)12)2-4(9)10;1-3-6-4(2)5/h13H,1-2H2,(H,7,8)(H,9,10)(H,11,12);3H,1H2,2H3. The van der Waals surface area contributed by atoms with E-state index in [2.05, 4.69) is 11.3 Å². The number of hydrogen-bond acceptors (Lipinski definition) is 6. The lowest BCUT2D eigenvalue weighted by Crippen LogP contribution is -2.42. The Bertz CT molecular complexity index is 355. The van der Waals surface area contributed by atoms with Crippen molar-refractivity contribution in [1.82, 2.24) is 0 Å². The Morgan fingerprint density at radius 1 is 1.11 bits per heavy atom. The van der Waals surface area contributed by atoms with E-state index in [-0.39, 0.29) is 5.97 Å². The van der Waals surface area contributed by atoms with Crippen molar-refractivity contribution in [3.63, 3.8) is 0 Å². The van der Waals surface area contributed by atoms with E-state index in [4.69, 9.17) is 20.4 Å². The molecule has 0 atom stereocenters. The number of ether oxygens (including phenoxy) is 1. The Balaban J connectivity index is 0. The molecular weight excluding hydrogens is 264 g/mol. The van der Waals surface area contributed by atoms with Gasteiger partial charge in [0.05, 0.1) is 19.1 Å². The topological polar surface area (TPSA) is 158 Å². The molecule has 0 spiro atoms. The summed E-state index contributed by atoms with van der Waals surface area (Å²) in [5, 5.41) is 33.8. The summed E-state index contributed by atoms with van der Waals surface area (Å²) < 4.78 is 4.17. The highest BCUT2D eigenvalue weighted by Crippen LogP contribution is 2.15. The monoisotopic (exact) mass is 278 g/mol. The minimum absolute atomic E-state index is 0.329. The molecule has 19 heavy (non-hydrogen) atoms. The zero-order valence-electron chi connectivity index (χ0n) is 10.0. The van der Waals surface area contributed by atoms with Gasteiger partial charge in [0, 0.05) is 6.92 Å². The number of rotatable bonds is 6. The highest BCUT2D eigenvalue weighted by atomic mass is 16.5. The third-order valence-corrected chi connectivity index (χ3v) is 1.53. The smallest absolute Gasteiger partial charge is 0.336 e. The minimum atomic E-state index is -2.74. The molecular formula is C10H14O9. The molecule has 4 N–H and O–H groups in total. The van der Waals surface area contributed by atoms with E-state index in [9.17, 15) is 19.2 Å². The zero-order valence-corrected chi connectivity index (χ0v) is 10.0. The first-order valence-electron chi connectivity index (χ1n) is 4.72. The van der Waals surface area contributed by atoms with E-state index in [0.29, 0.717) is 0 Å². The quantitative estimate of drug-likeness (QED) is 0.369. The molecule has 0 saturated carbocycles. The Labute approximate surface area is 107 Å². The normalized spacial score (nSPS) is 9.58. The van der Waals surface area contributed by atoms with Crippen LogP contribution in [0.15, 0.2) is 12.8 Å². The Kier molecular flexibility index (Phi) is 8.61. The number of carboxylic acids is 3. The van der Waals surface area contributed by atoms with Crippen molar-refractivity contribution in [3.8, 4) is 0 Å². The summed E-state index contributed by atoms with van der Waals surface area (Å²) in [7, 11) is 0. The van der Waals surface area contributed by atoms with Crippen molar-refractivity contribution in [2.45, 2.75) is 25.4 Å². The fourth-order valence-corrected chi connectivity index (χ4v) is 0.831. The highest BCUT2D eigenvalue weighted by molar-refractivity contribution is 5.88. The van der Waals surface area contributed by atoms with Crippen LogP contribution in [0.5, 0.6) is 0 Å². The fourth-order valence-electron chi connectivity index (χ4n) is 0.831. The highest BCUT2D eigenvalue weighted by Gasteiger charge is 2.40. The van der Waals surface area contributed by atoms with Crippen molar-refractivity contribution in [2.24, 2.45) is 0 Å². The molecule has 0 rings (SSSR count). The summed E-state index contributed by atoms with van der Waals surface area (Å²) >= 11 is 0. The second-order valence-corrected chi connectivity index (χ2v) is 3.25. The van der Waals surface area contributed by atoms with Crippen LogP contribution in [0.2, 0.25) is 0 Å². The van der Waals surface area contributed by atoms with Gasteiger partial charge in [-0.25, -0.2) is 4.79 Å². The van der Waals surface area contributed by atoms with Gasteiger partial charge >= 0.3 is 23.9 Å². The van der Waals surface area contributed by atoms with Crippen LogP contribution in [0.25, 0.3) is 0 Å². The number of aliphatic hydroxyl groups is 1. The first kappa shape index (κ1) is 18.9. The van der Waals surface area contributed by atoms with Crippen LogP contribution >= 0.6 is 0 Å². The molecule has 0 bridgehead atoms. The van der Waals surface area contributed by atoms with Gasteiger partial charge in [0.1, 0.15) is 0 Å². The predicted octanol–water partition coefficient (Wildman–Crippen LogP) is -0.555. The molecule has 0 heterocycles. The van der Waals surface area contributed by atoms with Crippen molar-refractivity contribution in [1.29, 1.82) is 0 Å². The van der Waals surface area contributed by atoms with Gasteiger partial charge in [0.2, 0.25) is 0 Å². The van der Waals surface area contributed by atoms with Crippen molar-refractivity contribution in [2.75, 3.05) is 0 Å². The van der Waals surface area contributed by atoms with Gasteiger partial charge in [0.15, 0.2) is 5.60 Å². The van der Waals surface area contributed by atoms with Crippen LogP contribution in [-0.4, -0.2) is 49.9 Å². The molecule has 0 aliphatic rings. The predicted molar refractivity (Wildman–Crippen MR) is 59.1 cm³/mol. The maximum absolute atomic E-state index is 10.3. The largest absolute Gasteiger partial charge is 0.481 e. The van der Waals surface area contributed by atoms with Crippen LogP contribution in [0.4, 0.5) is 0 Å². The molecule has 0 radical (unpaired) electrons. The molecule has 0 aliphatic heterocycles. The molecule has 0 unspecified atom stereocenters. The number of carboxylic acid groups (broad SMARTS) is 3. The van der Waals surface area contributed by atoms with Crippen LogP contribution in [0.1, 0.15) is 19.8 Å². The molecule has 0 amide bonds. The first-order valence-corrected chi connectivity index (χ1v) is 4.72. The van der Waals surface area contributed by atoms with Gasteiger partial charge in [-0.2, -0.15) is 0 Å². The van der Waals surface area contributed by atoms with Crippen LogP contribution in [-0.2, 0) is 23.9 Å². The maximum Gasteiger partial charge on any atom is 0.336 e. The van der Waals surface area contributed by atoms with E-state index in [1.807, 2.05) is 0 Å². The van der Waals surface area contributed by atoms with Crippen LogP contribution in [0, 0.1) is 0 Å². The van der Waals surface area contributed by atoms with Crippen molar-refractivity contribution in [3.05, 3.63) is 12.8 Å². The zero-order chi connectivity index (χ0) is 15.6. The molecule has 0 aromatic carbocycles. The second-order valence-electron chi connectivity index (χ2n) is 3.25. The summed E-state index contributed by atoms with van der Waals surface area (Å²) in [5.74, 6) is -5.35. The van der Waals surface area contributed by atoms with Gasteiger partial charge < -0.3 is 25.2 Å². The Morgan fingerprint density at radius 2 is 1.47 bits per heavy atom. The van der Waals surface area contributed by atoms with Gasteiger partial charge in [-0.05, 0) is 0 Å². The second kappa shape index (κ2) is 8.64. The third kappa shape index (κ3) is 10.5. The number of aliphatic carboxylic acids is 3. The SMILES string of the molecule is C=COC(C)=O.O=C(O)CC(O)(CC(=O)O)C(=O)O. The van der Waals surface area contributed by atoms with Crippen molar-refractivity contribution < 1.29 is 44.3 Å². The number of hydrogen-bond donors (Lipinski definition) is 4. The molecule has 108 valence electrons. The lowest BCUT2D eigenvalue weighted by molar-refractivity contribution is -0.170. The lowest BCUT2D eigenvalue weighted by Gasteiger charge is -2.18. The van der Waals surface area contributed by atoms with Gasteiger partial charge in [-0.3, -0.25) is 14.4 Å². The summed E-state index contributed by atoms with van der Waals surface area (Å²) in [4.78, 5) is 40.2. The molecule has 9 heteroatoms. The van der Waals surface area contributed by atoms with E-state index in [0.717, 1.165) is 6.26 Å². The molecule has 0 aromatic heterocycles. The Hall–Kier alpha value is -2.42. The van der Waals surface area contributed by atoms with Crippen LogP contribution in [0.3, 0.4) is 0 Å². The average molecular weight is 278 g/mol. The third-order valence-electron chi connectivity index (χ3n) is 1.53. The summed E-state index contributed by atoms with van der Waals surface area (Å²) in [5.41, 5.74) is -2.74. The summed E-state index contributed by atoms with van der Waals surface area (Å²) in [6.07, 6.45) is -1.19. The first-order chi connectivity index (χ1) is 8.55. The van der Waals surface area contributed by atoms with Gasteiger partial charge in [0.25, 0.3) is 0 Å². The molecule has 9 nitrogen and oxygen atoms in total. The van der Waals surface area contributed by atoms with Gasteiger partial charge in [-0.15, -0.1) is 0 Å². The number of carbonyl (C=O) groups is 4. The van der Waals surface area contributed by atoms with Gasteiger partial charge in [-0.1, -0.05) is 6.58 Å².